The molecule has 9 aromatic rings. The molecule has 6 heteroatoms. The average Bonchev–Trinajstić information content (AvgIpc) is 3.18. The van der Waals surface area contributed by atoms with Crippen LogP contribution in [0.5, 0.6) is 0 Å². The van der Waals surface area contributed by atoms with Gasteiger partial charge in [0, 0.05) is 63.2 Å². The molecule has 5 aromatic carbocycles. The Kier molecular flexibility index (Phi) is 6.68. The van der Waals surface area contributed by atoms with Crippen molar-refractivity contribution in [1.82, 2.24) is 29.9 Å². The van der Waals surface area contributed by atoms with Crippen LogP contribution in [0.4, 0.5) is 0 Å². The first-order chi connectivity index (χ1) is 23.8. The molecule has 0 N–H and O–H groups in total. The highest BCUT2D eigenvalue weighted by atomic mass is 15.0. The van der Waals surface area contributed by atoms with Gasteiger partial charge in [-0.05, 0) is 52.2 Å². The molecule has 0 aliphatic heterocycles. The fraction of sp³-hybridized carbons (Fsp3) is 0. The van der Waals surface area contributed by atoms with E-state index in [4.69, 9.17) is 19.9 Å². The zero-order valence-electron chi connectivity index (χ0n) is 25.7. The summed E-state index contributed by atoms with van der Waals surface area (Å²) in [4.78, 5) is 28.1. The van der Waals surface area contributed by atoms with Gasteiger partial charge >= 0.3 is 0 Å². The van der Waals surface area contributed by atoms with Crippen LogP contribution in [0, 0.1) is 0 Å². The van der Waals surface area contributed by atoms with Crippen LogP contribution in [0.1, 0.15) is 0 Å². The predicted octanol–water partition coefficient (Wildman–Crippen LogP) is 9.85. The minimum atomic E-state index is 0.564. The van der Waals surface area contributed by atoms with Gasteiger partial charge in [0.1, 0.15) is 0 Å². The van der Waals surface area contributed by atoms with Crippen molar-refractivity contribution in [2.45, 2.75) is 0 Å². The molecule has 0 spiro atoms. The van der Waals surface area contributed by atoms with E-state index < -0.39 is 0 Å². The Morgan fingerprint density at radius 1 is 0.333 bits per heavy atom. The van der Waals surface area contributed by atoms with E-state index in [0.717, 1.165) is 50.0 Å². The van der Waals surface area contributed by atoms with Gasteiger partial charge in [0.15, 0.2) is 17.5 Å². The normalized spacial score (nSPS) is 11.3. The van der Waals surface area contributed by atoms with E-state index in [1.807, 2.05) is 24.3 Å². The van der Waals surface area contributed by atoms with E-state index in [0.29, 0.717) is 17.5 Å². The van der Waals surface area contributed by atoms with Crippen molar-refractivity contribution in [3.05, 3.63) is 158 Å². The summed E-state index contributed by atoms with van der Waals surface area (Å²) in [6.07, 6.45) is 7.00. The highest BCUT2D eigenvalue weighted by Crippen LogP contribution is 2.37. The monoisotopic (exact) mass is 614 g/mol. The molecule has 0 atom stereocenters. The first-order valence-corrected chi connectivity index (χ1v) is 15.8. The maximum Gasteiger partial charge on any atom is 0.165 e. The van der Waals surface area contributed by atoms with E-state index in [1.54, 1.807) is 24.8 Å². The summed E-state index contributed by atoms with van der Waals surface area (Å²) in [5, 5.41) is 6.03. The highest BCUT2D eigenvalue weighted by molar-refractivity contribution is 6.22. The van der Waals surface area contributed by atoms with E-state index in [-0.39, 0.29) is 0 Å². The first kappa shape index (κ1) is 27.6. The number of fused-ring (bicyclic) bond motifs is 5. The Balaban J connectivity index is 1.08. The van der Waals surface area contributed by atoms with Crippen LogP contribution in [0.15, 0.2) is 158 Å². The average molecular weight is 615 g/mol. The summed E-state index contributed by atoms with van der Waals surface area (Å²) in [6.45, 7) is 0. The van der Waals surface area contributed by atoms with Gasteiger partial charge < -0.3 is 0 Å². The quantitative estimate of drug-likeness (QED) is 0.180. The number of para-hydroxylation sites is 1. The lowest BCUT2D eigenvalue weighted by Gasteiger charge is -2.13. The first-order valence-electron chi connectivity index (χ1n) is 15.8. The van der Waals surface area contributed by atoms with Crippen LogP contribution >= 0.6 is 0 Å². The third-order valence-corrected chi connectivity index (χ3v) is 8.70. The highest BCUT2D eigenvalue weighted by Gasteiger charge is 2.15. The molecule has 0 saturated carbocycles. The lowest BCUT2D eigenvalue weighted by molar-refractivity contribution is 1.07. The summed E-state index contributed by atoms with van der Waals surface area (Å²) in [5.41, 5.74) is 7.82. The summed E-state index contributed by atoms with van der Waals surface area (Å²) in [6, 6.07) is 46.0. The van der Waals surface area contributed by atoms with Gasteiger partial charge in [0.25, 0.3) is 0 Å². The molecule has 4 aromatic heterocycles. The number of nitrogens with zero attached hydrogens (tertiary/aromatic N) is 6. The van der Waals surface area contributed by atoms with Crippen molar-refractivity contribution in [2.24, 2.45) is 0 Å². The maximum absolute atomic E-state index is 5.16. The van der Waals surface area contributed by atoms with Gasteiger partial charge in [-0.2, -0.15) is 0 Å². The van der Waals surface area contributed by atoms with E-state index in [2.05, 4.69) is 119 Å². The predicted molar refractivity (Wildman–Crippen MR) is 193 cm³/mol. The third kappa shape index (κ3) is 4.93. The summed E-state index contributed by atoms with van der Waals surface area (Å²) in [7, 11) is 0. The second kappa shape index (κ2) is 11.6. The van der Waals surface area contributed by atoms with Gasteiger partial charge in [0.2, 0.25) is 0 Å². The van der Waals surface area contributed by atoms with Crippen molar-refractivity contribution in [1.29, 1.82) is 0 Å². The molecule has 0 fully saturated rings. The molecule has 0 unspecified atom stereocenters. The second-order valence-corrected chi connectivity index (χ2v) is 11.6. The Labute approximate surface area is 276 Å². The van der Waals surface area contributed by atoms with E-state index >= 15 is 0 Å². The molecule has 0 aliphatic carbocycles. The molecule has 224 valence electrons. The molecule has 0 aliphatic rings. The Morgan fingerprint density at radius 3 is 1.50 bits per heavy atom. The summed E-state index contributed by atoms with van der Waals surface area (Å²) < 4.78 is 0. The van der Waals surface area contributed by atoms with Gasteiger partial charge in [-0.25, -0.2) is 19.9 Å². The van der Waals surface area contributed by atoms with E-state index in [1.165, 1.54) is 21.5 Å². The molecule has 0 saturated heterocycles. The van der Waals surface area contributed by atoms with Crippen molar-refractivity contribution < 1.29 is 0 Å². The molecule has 0 bridgehead atoms. The molecule has 9 rings (SSSR count). The standard InChI is InChI=1S/C42H26N6/c1-2-10-34-29(7-1)21-22-36-38(34)35-11-3-4-12-37(35)45-39(36)30-17-13-27(14-18-30)28-15-19-31(20-16-28)40-46-41(32-8-5-23-43-25-32)48-42(47-40)33-9-6-24-44-26-33/h1-26H. The SMILES string of the molecule is c1cncc(-c2nc(-c3ccc(-c4ccc(-c5nc6ccccc6c6c5ccc5ccccc56)cc4)cc3)nc(-c3cccnc3)n2)c1. The molecular formula is C42H26N6. The van der Waals surface area contributed by atoms with Gasteiger partial charge in [0.05, 0.1) is 11.2 Å². The van der Waals surface area contributed by atoms with Crippen molar-refractivity contribution in [3.8, 4) is 56.5 Å². The smallest absolute Gasteiger partial charge is 0.165 e. The molecule has 0 radical (unpaired) electrons. The Morgan fingerprint density at radius 2 is 0.875 bits per heavy atom. The summed E-state index contributed by atoms with van der Waals surface area (Å²) >= 11 is 0. The van der Waals surface area contributed by atoms with E-state index in [9.17, 15) is 0 Å². The Hall–Kier alpha value is -6.66. The van der Waals surface area contributed by atoms with Crippen LogP contribution in [0.2, 0.25) is 0 Å². The van der Waals surface area contributed by atoms with Crippen molar-refractivity contribution in [2.75, 3.05) is 0 Å². The minimum absolute atomic E-state index is 0.564. The van der Waals surface area contributed by atoms with Crippen LogP contribution in [0.3, 0.4) is 0 Å². The lowest BCUT2D eigenvalue weighted by atomic mass is 9.94. The summed E-state index contributed by atoms with van der Waals surface area (Å²) in [5.74, 6) is 1.72. The number of hydrogen-bond donors (Lipinski definition) is 0. The lowest BCUT2D eigenvalue weighted by Crippen LogP contribution is -2.00. The molecular weight excluding hydrogens is 589 g/mol. The van der Waals surface area contributed by atoms with Crippen molar-refractivity contribution >= 4 is 32.4 Å². The maximum atomic E-state index is 5.16. The largest absolute Gasteiger partial charge is 0.264 e. The second-order valence-electron chi connectivity index (χ2n) is 11.6. The molecule has 4 heterocycles. The van der Waals surface area contributed by atoms with Crippen LogP contribution in [-0.4, -0.2) is 29.9 Å². The van der Waals surface area contributed by atoms with Gasteiger partial charge in [-0.3, -0.25) is 9.97 Å². The fourth-order valence-electron chi connectivity index (χ4n) is 6.33. The van der Waals surface area contributed by atoms with Crippen LogP contribution in [-0.2, 0) is 0 Å². The zero-order valence-corrected chi connectivity index (χ0v) is 25.7. The zero-order chi connectivity index (χ0) is 31.9. The number of aromatic nitrogens is 6. The van der Waals surface area contributed by atoms with Crippen LogP contribution in [0.25, 0.3) is 89.0 Å². The molecule has 6 nitrogen and oxygen atoms in total. The Bertz CT molecular complexity index is 2510. The number of rotatable bonds is 5. The minimum Gasteiger partial charge on any atom is -0.264 e. The number of pyridine rings is 3. The third-order valence-electron chi connectivity index (χ3n) is 8.70. The topological polar surface area (TPSA) is 77.3 Å². The molecule has 48 heavy (non-hydrogen) atoms. The van der Waals surface area contributed by atoms with Crippen LogP contribution < -0.4 is 0 Å². The molecule has 0 amide bonds. The fourth-order valence-corrected chi connectivity index (χ4v) is 6.33. The van der Waals surface area contributed by atoms with Crippen molar-refractivity contribution in [3.63, 3.8) is 0 Å². The van der Waals surface area contributed by atoms with Gasteiger partial charge in [-0.1, -0.05) is 103 Å². The number of benzene rings is 5. The van der Waals surface area contributed by atoms with Gasteiger partial charge in [-0.15, -0.1) is 0 Å². The number of hydrogen-bond acceptors (Lipinski definition) is 6.